The molecule has 0 saturated heterocycles. The van der Waals surface area contributed by atoms with Gasteiger partial charge in [0.25, 0.3) is 0 Å². The van der Waals surface area contributed by atoms with Gasteiger partial charge >= 0.3 is 0 Å². The summed E-state index contributed by atoms with van der Waals surface area (Å²) in [6.07, 6.45) is 5.10. The first kappa shape index (κ1) is 22.9. The second-order valence-electron chi connectivity index (χ2n) is 8.12. The fourth-order valence-electron chi connectivity index (χ4n) is 4.30. The highest BCUT2D eigenvalue weighted by molar-refractivity contribution is 5.71. The van der Waals surface area contributed by atoms with Gasteiger partial charge in [-0.2, -0.15) is 0 Å². The third kappa shape index (κ3) is 5.30. The monoisotopic (exact) mass is 426 g/mol. The molecule has 4 rings (SSSR count). The minimum atomic E-state index is -0.499. The summed E-state index contributed by atoms with van der Waals surface area (Å²) in [5.74, 6) is 0.771. The molecule has 31 heavy (non-hydrogen) atoms. The Morgan fingerprint density at radius 1 is 0.710 bits per heavy atom. The molecule has 0 aromatic heterocycles. The summed E-state index contributed by atoms with van der Waals surface area (Å²) in [5.41, 5.74) is 4.07. The van der Waals surface area contributed by atoms with Crippen LogP contribution < -0.4 is 4.74 Å². The molecule has 1 aliphatic carbocycles. The first-order chi connectivity index (χ1) is 15.0. The van der Waals surface area contributed by atoms with E-state index in [1.165, 1.54) is 56.6 Å². The lowest BCUT2D eigenvalue weighted by atomic mass is 9.79. The Labute approximate surface area is 182 Å². The molecule has 3 aromatic rings. The Kier molecular flexibility index (Phi) is 7.78. The Balaban J connectivity index is 0.00000132. The van der Waals surface area contributed by atoms with Gasteiger partial charge in [-0.1, -0.05) is 62.2 Å². The number of methoxy groups -OCH3 is 1. The highest BCUT2D eigenvalue weighted by Crippen LogP contribution is 2.36. The third-order valence-electron chi connectivity index (χ3n) is 6.16. The molecule has 1 aliphatic rings. The van der Waals surface area contributed by atoms with Crippen molar-refractivity contribution in [2.45, 2.75) is 38.5 Å². The van der Waals surface area contributed by atoms with Crippen LogP contribution >= 0.6 is 0 Å². The van der Waals surface area contributed by atoms with Gasteiger partial charge in [0.05, 0.1) is 14.3 Å². The lowest BCUT2D eigenvalue weighted by Gasteiger charge is -2.26. The second-order valence-corrected chi connectivity index (χ2v) is 8.12. The number of benzene rings is 3. The van der Waals surface area contributed by atoms with Crippen molar-refractivity contribution in [3.05, 3.63) is 77.9 Å². The van der Waals surface area contributed by atoms with E-state index in [4.69, 9.17) is 4.74 Å². The molecule has 4 heteroatoms. The highest BCUT2D eigenvalue weighted by atomic mass is 19.1. The molecular weight excluding hydrogens is 397 g/mol. The summed E-state index contributed by atoms with van der Waals surface area (Å²) in [5, 5.41) is 0. The summed E-state index contributed by atoms with van der Waals surface area (Å²) >= 11 is 0. The van der Waals surface area contributed by atoms with Crippen LogP contribution in [0.4, 0.5) is 13.2 Å². The van der Waals surface area contributed by atoms with E-state index in [-0.39, 0.29) is 11.6 Å². The Hall–Kier alpha value is -2.75. The van der Waals surface area contributed by atoms with Gasteiger partial charge in [-0.3, -0.25) is 4.39 Å². The van der Waals surface area contributed by atoms with Crippen LogP contribution in [0.1, 0.15) is 44.1 Å². The van der Waals surface area contributed by atoms with E-state index in [9.17, 15) is 13.2 Å². The van der Waals surface area contributed by atoms with E-state index in [0.717, 1.165) is 17.0 Å². The van der Waals surface area contributed by atoms with Crippen LogP contribution in [0.15, 0.2) is 60.7 Å². The van der Waals surface area contributed by atoms with Gasteiger partial charge in [0.1, 0.15) is 5.82 Å². The van der Waals surface area contributed by atoms with Crippen LogP contribution in [-0.4, -0.2) is 14.3 Å². The molecule has 0 aliphatic heterocycles. The molecule has 0 radical (unpaired) electrons. The fraction of sp³-hybridized carbons (Fsp3) is 0.333. The predicted octanol–water partition coefficient (Wildman–Crippen LogP) is 8.19. The quantitative estimate of drug-likeness (QED) is 0.409. The van der Waals surface area contributed by atoms with Crippen molar-refractivity contribution < 1.29 is 17.9 Å². The molecule has 0 amide bonds. The maximum Gasteiger partial charge on any atom is 0.165 e. The Morgan fingerprint density at radius 2 is 1.29 bits per heavy atom. The number of halogens is 3. The predicted molar refractivity (Wildman–Crippen MR) is 121 cm³/mol. The van der Waals surface area contributed by atoms with Crippen LogP contribution in [0.3, 0.4) is 0 Å². The van der Waals surface area contributed by atoms with E-state index >= 15 is 0 Å². The zero-order valence-electron chi connectivity index (χ0n) is 18.3. The maximum absolute atomic E-state index is 14.8. The number of ether oxygens (including phenoxy) is 1. The highest BCUT2D eigenvalue weighted by Gasteiger charge is 2.19. The molecule has 3 aromatic carbocycles. The summed E-state index contributed by atoms with van der Waals surface area (Å²) < 4.78 is 43.2. The number of hydrogen-bond donors (Lipinski definition) is 0. The van der Waals surface area contributed by atoms with Crippen molar-refractivity contribution in [3.8, 4) is 28.0 Å². The van der Waals surface area contributed by atoms with Gasteiger partial charge in [0.2, 0.25) is 0 Å². The zero-order chi connectivity index (χ0) is 22.4. The minimum absolute atomic E-state index is 0.151. The molecule has 0 atom stereocenters. The van der Waals surface area contributed by atoms with Gasteiger partial charge in [-0.25, -0.2) is 8.78 Å². The third-order valence-corrected chi connectivity index (χ3v) is 6.16. The summed E-state index contributed by atoms with van der Waals surface area (Å²) in [7, 11) is 1.91. The van der Waals surface area contributed by atoms with Gasteiger partial charge in [-0.15, -0.1) is 0 Å². The fourth-order valence-corrected chi connectivity index (χ4v) is 4.30. The molecule has 0 unspecified atom stereocenters. The molecule has 0 spiro atoms. The van der Waals surface area contributed by atoms with Crippen molar-refractivity contribution in [2.75, 3.05) is 14.3 Å². The SMILES string of the molecule is CF.COc1ccc(-c2ccc(-c3ccc(C4CCC(C)CC4)cc3)cc2F)cc1F. The molecule has 1 fully saturated rings. The van der Waals surface area contributed by atoms with Gasteiger partial charge in [0.15, 0.2) is 11.6 Å². The summed E-state index contributed by atoms with van der Waals surface area (Å²) in [6, 6.07) is 18.1. The van der Waals surface area contributed by atoms with Crippen LogP contribution in [0.5, 0.6) is 5.75 Å². The number of rotatable bonds is 4. The molecule has 0 bridgehead atoms. The van der Waals surface area contributed by atoms with Crippen molar-refractivity contribution in [3.63, 3.8) is 0 Å². The minimum Gasteiger partial charge on any atom is -0.494 e. The van der Waals surface area contributed by atoms with E-state index in [2.05, 4.69) is 31.2 Å². The van der Waals surface area contributed by atoms with E-state index in [1.54, 1.807) is 12.1 Å². The molecule has 0 N–H and O–H groups in total. The van der Waals surface area contributed by atoms with E-state index < -0.39 is 5.82 Å². The number of alkyl halides is 1. The second kappa shape index (κ2) is 10.5. The normalized spacial score (nSPS) is 18.1. The topological polar surface area (TPSA) is 9.23 Å². The van der Waals surface area contributed by atoms with Crippen LogP contribution in [0, 0.1) is 17.6 Å². The first-order valence-electron chi connectivity index (χ1n) is 10.7. The zero-order valence-corrected chi connectivity index (χ0v) is 18.3. The molecule has 0 heterocycles. The van der Waals surface area contributed by atoms with E-state index in [0.29, 0.717) is 24.2 Å². The standard InChI is InChI=1S/C26H26F2O.CH3F/c1-17-3-5-18(6-4-17)19-7-9-20(10-8-19)21-11-13-23(24(27)15-21)22-12-14-26(29-2)25(28)16-22;1-2/h7-18H,3-6H2,1-2H3;1H3. The average molecular weight is 427 g/mol. The lowest BCUT2D eigenvalue weighted by Crippen LogP contribution is -2.10. The summed E-state index contributed by atoms with van der Waals surface area (Å²) in [4.78, 5) is 0. The average Bonchev–Trinajstić information content (AvgIpc) is 2.81. The van der Waals surface area contributed by atoms with Gasteiger partial charge < -0.3 is 4.74 Å². The molecule has 1 saturated carbocycles. The van der Waals surface area contributed by atoms with Crippen LogP contribution in [0.25, 0.3) is 22.3 Å². The van der Waals surface area contributed by atoms with Crippen molar-refractivity contribution in [1.82, 2.24) is 0 Å². The Morgan fingerprint density at radius 3 is 1.87 bits per heavy atom. The largest absolute Gasteiger partial charge is 0.494 e. The molecule has 1 nitrogen and oxygen atoms in total. The molecular formula is C27H29F3O. The van der Waals surface area contributed by atoms with Gasteiger partial charge in [-0.05, 0) is 65.1 Å². The Bertz CT molecular complexity index is 990. The van der Waals surface area contributed by atoms with Crippen LogP contribution in [0.2, 0.25) is 0 Å². The summed E-state index contributed by atoms with van der Waals surface area (Å²) in [6.45, 7) is 2.33. The van der Waals surface area contributed by atoms with Crippen molar-refractivity contribution in [1.29, 1.82) is 0 Å². The smallest absolute Gasteiger partial charge is 0.165 e. The van der Waals surface area contributed by atoms with Crippen molar-refractivity contribution >= 4 is 0 Å². The van der Waals surface area contributed by atoms with Crippen molar-refractivity contribution in [2.24, 2.45) is 5.92 Å². The number of hydrogen-bond acceptors (Lipinski definition) is 1. The van der Waals surface area contributed by atoms with E-state index in [1.807, 2.05) is 6.07 Å². The lowest BCUT2D eigenvalue weighted by molar-refractivity contribution is 0.348. The molecule has 164 valence electrons. The first-order valence-corrected chi connectivity index (χ1v) is 10.7. The van der Waals surface area contributed by atoms with Gasteiger partial charge in [0, 0.05) is 5.56 Å². The van der Waals surface area contributed by atoms with Crippen LogP contribution in [-0.2, 0) is 0 Å². The maximum atomic E-state index is 14.8.